The first-order chi connectivity index (χ1) is 8.51. The van der Waals surface area contributed by atoms with Gasteiger partial charge in [-0.3, -0.25) is 0 Å². The van der Waals surface area contributed by atoms with Crippen LogP contribution in [-0.2, 0) is 5.41 Å². The minimum Gasteiger partial charge on any atom is -0.492 e. The van der Waals surface area contributed by atoms with Gasteiger partial charge in [0.1, 0.15) is 5.75 Å². The molecular weight excluding hydrogens is 290 g/mol. The molecule has 0 unspecified atom stereocenters. The minimum atomic E-state index is 0.175. The van der Waals surface area contributed by atoms with Crippen molar-refractivity contribution in [3.8, 4) is 5.75 Å². The van der Waals surface area contributed by atoms with E-state index in [1.54, 1.807) is 0 Å². The number of benzene rings is 1. The molecule has 1 N–H and O–H groups in total. The normalized spacial score (nSPS) is 11.6. The molecule has 102 valence electrons. The second kappa shape index (κ2) is 7.15. The molecule has 0 spiro atoms. The molecule has 3 heteroatoms. The molecule has 0 fully saturated rings. The molecular formula is C15H24BrNO. The number of hydrogen-bond donors (Lipinski definition) is 1. The van der Waals surface area contributed by atoms with Crippen molar-refractivity contribution in [2.45, 2.75) is 39.0 Å². The van der Waals surface area contributed by atoms with Crippen molar-refractivity contribution < 1.29 is 4.74 Å². The SMILES string of the molecule is CCCOc1ccc(C(C)(C)CCNC)cc1Br. The third-order valence-electron chi connectivity index (χ3n) is 3.18. The number of nitrogens with one attached hydrogen (secondary N) is 1. The summed E-state index contributed by atoms with van der Waals surface area (Å²) in [5.41, 5.74) is 1.52. The summed E-state index contributed by atoms with van der Waals surface area (Å²) in [6.45, 7) is 8.46. The fourth-order valence-electron chi connectivity index (χ4n) is 1.83. The van der Waals surface area contributed by atoms with E-state index in [0.717, 1.165) is 36.2 Å². The molecule has 0 aromatic heterocycles. The summed E-state index contributed by atoms with van der Waals surface area (Å²) in [5, 5.41) is 3.21. The number of hydrogen-bond acceptors (Lipinski definition) is 2. The Kier molecular flexibility index (Phi) is 6.16. The Labute approximate surface area is 119 Å². The monoisotopic (exact) mass is 313 g/mol. The second-order valence-electron chi connectivity index (χ2n) is 5.23. The molecule has 0 amide bonds. The van der Waals surface area contributed by atoms with Crippen molar-refractivity contribution in [1.82, 2.24) is 5.32 Å². The fourth-order valence-corrected chi connectivity index (χ4v) is 2.33. The zero-order chi connectivity index (χ0) is 13.6. The van der Waals surface area contributed by atoms with Crippen LogP contribution < -0.4 is 10.1 Å². The first-order valence-electron chi connectivity index (χ1n) is 6.58. The van der Waals surface area contributed by atoms with Crippen molar-refractivity contribution in [3.05, 3.63) is 28.2 Å². The molecule has 0 atom stereocenters. The third kappa shape index (κ3) is 4.29. The van der Waals surface area contributed by atoms with Gasteiger partial charge in [0.05, 0.1) is 11.1 Å². The molecule has 1 aromatic rings. The van der Waals surface area contributed by atoms with Crippen LogP contribution in [0.3, 0.4) is 0 Å². The number of rotatable bonds is 7. The van der Waals surface area contributed by atoms with Crippen molar-refractivity contribution in [2.75, 3.05) is 20.2 Å². The first kappa shape index (κ1) is 15.5. The smallest absolute Gasteiger partial charge is 0.133 e. The maximum Gasteiger partial charge on any atom is 0.133 e. The molecule has 0 radical (unpaired) electrons. The van der Waals surface area contributed by atoms with Gasteiger partial charge in [0.2, 0.25) is 0 Å². The zero-order valence-corrected chi connectivity index (χ0v) is 13.4. The van der Waals surface area contributed by atoms with Crippen molar-refractivity contribution in [1.29, 1.82) is 0 Å². The van der Waals surface area contributed by atoms with Gasteiger partial charge in [0.15, 0.2) is 0 Å². The Bertz CT molecular complexity index is 377. The van der Waals surface area contributed by atoms with Gasteiger partial charge in [-0.15, -0.1) is 0 Å². The molecule has 1 rings (SSSR count). The summed E-state index contributed by atoms with van der Waals surface area (Å²) in [4.78, 5) is 0. The van der Waals surface area contributed by atoms with Crippen LogP contribution in [0.1, 0.15) is 39.2 Å². The van der Waals surface area contributed by atoms with Gasteiger partial charge in [0, 0.05) is 0 Å². The van der Waals surface area contributed by atoms with E-state index in [-0.39, 0.29) is 5.41 Å². The Morgan fingerprint density at radius 1 is 1.33 bits per heavy atom. The Morgan fingerprint density at radius 2 is 2.06 bits per heavy atom. The van der Waals surface area contributed by atoms with Gasteiger partial charge in [-0.05, 0) is 65.5 Å². The Balaban J connectivity index is 2.82. The van der Waals surface area contributed by atoms with E-state index < -0.39 is 0 Å². The van der Waals surface area contributed by atoms with Crippen LogP contribution in [-0.4, -0.2) is 20.2 Å². The highest BCUT2D eigenvalue weighted by Crippen LogP contribution is 2.33. The summed E-state index contributed by atoms with van der Waals surface area (Å²) < 4.78 is 6.72. The van der Waals surface area contributed by atoms with Crippen molar-refractivity contribution >= 4 is 15.9 Å². The van der Waals surface area contributed by atoms with Crippen LogP contribution >= 0.6 is 15.9 Å². The van der Waals surface area contributed by atoms with Crippen LogP contribution in [0.4, 0.5) is 0 Å². The summed E-state index contributed by atoms with van der Waals surface area (Å²) in [6, 6.07) is 6.42. The van der Waals surface area contributed by atoms with Gasteiger partial charge in [0.25, 0.3) is 0 Å². The van der Waals surface area contributed by atoms with Crippen LogP contribution in [0.5, 0.6) is 5.75 Å². The third-order valence-corrected chi connectivity index (χ3v) is 3.79. The van der Waals surface area contributed by atoms with Gasteiger partial charge in [-0.1, -0.05) is 26.8 Å². The lowest BCUT2D eigenvalue weighted by Gasteiger charge is -2.26. The lowest BCUT2D eigenvalue weighted by molar-refractivity contribution is 0.315. The van der Waals surface area contributed by atoms with Crippen LogP contribution in [0.2, 0.25) is 0 Å². The lowest BCUT2D eigenvalue weighted by Crippen LogP contribution is -2.23. The summed E-state index contributed by atoms with van der Waals surface area (Å²) in [7, 11) is 1.99. The molecule has 1 aromatic carbocycles. The van der Waals surface area contributed by atoms with Gasteiger partial charge >= 0.3 is 0 Å². The number of ether oxygens (including phenoxy) is 1. The largest absolute Gasteiger partial charge is 0.492 e. The van der Waals surface area contributed by atoms with Crippen molar-refractivity contribution in [3.63, 3.8) is 0 Å². The Morgan fingerprint density at radius 3 is 2.61 bits per heavy atom. The average molecular weight is 314 g/mol. The average Bonchev–Trinajstić information content (AvgIpc) is 2.35. The molecule has 0 aliphatic carbocycles. The van der Waals surface area contributed by atoms with E-state index in [9.17, 15) is 0 Å². The molecule has 0 bridgehead atoms. The molecule has 0 aliphatic rings. The van der Waals surface area contributed by atoms with Crippen molar-refractivity contribution in [2.24, 2.45) is 0 Å². The van der Waals surface area contributed by atoms with E-state index in [1.165, 1.54) is 5.56 Å². The molecule has 0 aliphatic heterocycles. The maximum atomic E-state index is 5.68. The van der Waals surface area contributed by atoms with Crippen LogP contribution in [0.15, 0.2) is 22.7 Å². The summed E-state index contributed by atoms with van der Waals surface area (Å²) in [6.07, 6.45) is 2.15. The van der Waals surface area contributed by atoms with Gasteiger partial charge < -0.3 is 10.1 Å². The molecule has 0 saturated carbocycles. The minimum absolute atomic E-state index is 0.175. The first-order valence-corrected chi connectivity index (χ1v) is 7.38. The highest BCUT2D eigenvalue weighted by Gasteiger charge is 2.20. The predicted molar refractivity (Wildman–Crippen MR) is 81.5 cm³/mol. The molecule has 0 saturated heterocycles. The molecule has 2 nitrogen and oxygen atoms in total. The second-order valence-corrected chi connectivity index (χ2v) is 6.09. The predicted octanol–water partition coefficient (Wildman–Crippen LogP) is 4.13. The molecule has 0 heterocycles. The summed E-state index contributed by atoms with van der Waals surface area (Å²) >= 11 is 3.60. The number of halogens is 1. The van der Waals surface area contributed by atoms with Crippen LogP contribution in [0.25, 0.3) is 0 Å². The van der Waals surface area contributed by atoms with E-state index in [0.29, 0.717) is 0 Å². The summed E-state index contributed by atoms with van der Waals surface area (Å²) in [5.74, 6) is 0.935. The topological polar surface area (TPSA) is 21.3 Å². The van der Waals surface area contributed by atoms with E-state index in [2.05, 4.69) is 60.2 Å². The van der Waals surface area contributed by atoms with Gasteiger partial charge in [-0.2, -0.15) is 0 Å². The highest BCUT2D eigenvalue weighted by molar-refractivity contribution is 9.10. The maximum absolute atomic E-state index is 5.68. The van der Waals surface area contributed by atoms with E-state index >= 15 is 0 Å². The van der Waals surface area contributed by atoms with Crippen LogP contribution in [0, 0.1) is 0 Å². The zero-order valence-electron chi connectivity index (χ0n) is 11.8. The van der Waals surface area contributed by atoms with Gasteiger partial charge in [-0.25, -0.2) is 0 Å². The fraction of sp³-hybridized carbons (Fsp3) is 0.600. The lowest BCUT2D eigenvalue weighted by atomic mass is 9.81. The quantitative estimate of drug-likeness (QED) is 0.817. The molecule has 18 heavy (non-hydrogen) atoms. The highest BCUT2D eigenvalue weighted by atomic mass is 79.9. The Hall–Kier alpha value is -0.540. The van der Waals surface area contributed by atoms with E-state index in [4.69, 9.17) is 4.74 Å². The standard InChI is InChI=1S/C15H24BrNO/c1-5-10-18-14-7-6-12(11-13(14)16)15(2,3)8-9-17-4/h6-7,11,17H,5,8-10H2,1-4H3. The van der Waals surface area contributed by atoms with E-state index in [1.807, 2.05) is 7.05 Å².